The molecule has 1 N–H and O–H groups in total. The molecule has 0 unspecified atom stereocenters. The molecule has 0 atom stereocenters. The lowest BCUT2D eigenvalue weighted by Crippen LogP contribution is -2.26. The minimum atomic E-state index is -3.27. The van der Waals surface area contributed by atoms with E-state index in [2.05, 4.69) is 15.0 Å². The summed E-state index contributed by atoms with van der Waals surface area (Å²) in [6.45, 7) is 4.51. The van der Waals surface area contributed by atoms with Crippen LogP contribution < -0.4 is 10.1 Å². The molecule has 1 aromatic heterocycles. The molecular formula is C24H23F4N3O5. The van der Waals surface area contributed by atoms with E-state index in [0.29, 0.717) is 18.0 Å². The third-order valence-corrected chi connectivity index (χ3v) is 4.57. The summed E-state index contributed by atoms with van der Waals surface area (Å²) in [5, 5.41) is 2.44. The molecule has 3 rings (SSSR count). The summed E-state index contributed by atoms with van der Waals surface area (Å²) in [5.74, 6) is -9.14. The lowest BCUT2D eigenvalue weighted by atomic mass is 10.1. The second-order valence-corrected chi connectivity index (χ2v) is 9.04. The second kappa shape index (κ2) is 9.96. The molecule has 3 aromatic rings. The van der Waals surface area contributed by atoms with Gasteiger partial charge in [0.2, 0.25) is 11.7 Å². The molecule has 0 saturated carbocycles. The summed E-state index contributed by atoms with van der Waals surface area (Å²) in [7, 11) is 0. The number of hydrogen-bond acceptors (Lipinski definition) is 6. The summed E-state index contributed by atoms with van der Waals surface area (Å²) in [6, 6.07) is 6.12. The van der Waals surface area contributed by atoms with E-state index in [9.17, 15) is 31.9 Å². The minimum Gasteiger partial charge on any atom is -0.484 e. The van der Waals surface area contributed by atoms with Crippen LogP contribution in [0.5, 0.6) is 5.75 Å². The molecule has 1 heterocycles. The normalized spacial score (nSPS) is 11.9. The number of nitrogens with one attached hydrogen (secondary N) is 1. The van der Waals surface area contributed by atoms with Gasteiger partial charge in [-0.05, 0) is 51.1 Å². The average molecular weight is 509 g/mol. The van der Waals surface area contributed by atoms with Crippen LogP contribution in [0.25, 0.3) is 11.0 Å². The molecule has 1 amide bonds. The summed E-state index contributed by atoms with van der Waals surface area (Å²) in [4.78, 5) is 41.1. The standard InChI is InChI=1S/C24H23F4N3O5/c1-23(2,3)36-22(34)31-12-29-15-9-13(5-7-16(15)31)30-19(33)10-17(32)14-6-8-18(21(26)20(14)25)35-11-24(4,27)28/h5-9,12H,10-11H2,1-4H3,(H,30,33). The number of ether oxygens (including phenoxy) is 2. The van der Waals surface area contributed by atoms with Gasteiger partial charge in [-0.3, -0.25) is 9.59 Å². The van der Waals surface area contributed by atoms with E-state index in [0.717, 1.165) is 12.1 Å². The molecular weight excluding hydrogens is 486 g/mol. The lowest BCUT2D eigenvalue weighted by Gasteiger charge is -2.19. The minimum absolute atomic E-state index is 0.241. The number of rotatable bonds is 7. The van der Waals surface area contributed by atoms with E-state index < -0.39 is 65.3 Å². The number of nitrogens with zero attached hydrogens (tertiary/aromatic N) is 2. The van der Waals surface area contributed by atoms with Crippen molar-refractivity contribution in [3.05, 3.63) is 53.9 Å². The first-order chi connectivity index (χ1) is 16.6. The predicted molar refractivity (Wildman–Crippen MR) is 121 cm³/mol. The van der Waals surface area contributed by atoms with E-state index in [1.807, 2.05) is 0 Å². The molecule has 0 aliphatic carbocycles. The molecule has 0 saturated heterocycles. The van der Waals surface area contributed by atoms with Gasteiger partial charge in [0.25, 0.3) is 5.92 Å². The highest BCUT2D eigenvalue weighted by Gasteiger charge is 2.26. The molecule has 0 bridgehead atoms. The van der Waals surface area contributed by atoms with Crippen LogP contribution in [0.3, 0.4) is 0 Å². The number of carbonyl (C=O) groups is 3. The molecule has 36 heavy (non-hydrogen) atoms. The van der Waals surface area contributed by atoms with E-state index in [1.54, 1.807) is 20.8 Å². The molecule has 0 aliphatic heterocycles. The highest BCUT2D eigenvalue weighted by Crippen LogP contribution is 2.26. The Bertz CT molecular complexity index is 1330. The van der Waals surface area contributed by atoms with Gasteiger partial charge in [0, 0.05) is 12.6 Å². The molecule has 192 valence electrons. The zero-order valence-corrected chi connectivity index (χ0v) is 19.8. The van der Waals surface area contributed by atoms with Crippen molar-refractivity contribution in [1.29, 1.82) is 0 Å². The largest absolute Gasteiger partial charge is 0.484 e. The average Bonchev–Trinajstić information content (AvgIpc) is 3.16. The SMILES string of the molecule is CC(F)(F)COc1ccc(C(=O)CC(=O)Nc2ccc3c(c2)ncn3C(=O)OC(C)(C)C)c(F)c1F. The zero-order valence-electron chi connectivity index (χ0n) is 19.8. The van der Waals surface area contributed by atoms with Gasteiger partial charge in [-0.25, -0.2) is 27.5 Å². The highest BCUT2D eigenvalue weighted by atomic mass is 19.3. The molecule has 12 heteroatoms. The van der Waals surface area contributed by atoms with Gasteiger partial charge >= 0.3 is 6.09 Å². The Labute approximate surface area is 203 Å². The van der Waals surface area contributed by atoms with Crippen LogP contribution in [-0.4, -0.2) is 45.5 Å². The maximum absolute atomic E-state index is 14.3. The first kappa shape index (κ1) is 26.6. The van der Waals surface area contributed by atoms with Crippen molar-refractivity contribution < 1.29 is 41.4 Å². The van der Waals surface area contributed by atoms with Crippen molar-refractivity contribution in [2.45, 2.75) is 45.6 Å². The summed E-state index contributed by atoms with van der Waals surface area (Å²) >= 11 is 0. The van der Waals surface area contributed by atoms with Crippen LogP contribution in [-0.2, 0) is 9.53 Å². The number of halogens is 4. The van der Waals surface area contributed by atoms with Crippen LogP contribution in [0.15, 0.2) is 36.7 Å². The van der Waals surface area contributed by atoms with Gasteiger partial charge in [0.15, 0.2) is 24.0 Å². The first-order valence-electron chi connectivity index (χ1n) is 10.7. The lowest BCUT2D eigenvalue weighted by molar-refractivity contribution is -0.115. The van der Waals surface area contributed by atoms with Gasteiger partial charge in [0.1, 0.15) is 11.9 Å². The van der Waals surface area contributed by atoms with Crippen molar-refractivity contribution in [2.24, 2.45) is 0 Å². The van der Waals surface area contributed by atoms with Gasteiger partial charge < -0.3 is 14.8 Å². The monoisotopic (exact) mass is 509 g/mol. The van der Waals surface area contributed by atoms with Crippen molar-refractivity contribution in [1.82, 2.24) is 9.55 Å². The van der Waals surface area contributed by atoms with Crippen LogP contribution in [0.4, 0.5) is 28.0 Å². The Morgan fingerprint density at radius 2 is 1.72 bits per heavy atom. The van der Waals surface area contributed by atoms with Crippen molar-refractivity contribution in [2.75, 3.05) is 11.9 Å². The Morgan fingerprint density at radius 3 is 2.36 bits per heavy atom. The summed E-state index contributed by atoms with van der Waals surface area (Å²) < 4.78 is 65.3. The van der Waals surface area contributed by atoms with E-state index in [-0.39, 0.29) is 5.69 Å². The third kappa shape index (κ3) is 6.58. The molecule has 0 aliphatic rings. The van der Waals surface area contributed by atoms with Crippen LogP contribution in [0, 0.1) is 11.6 Å². The topological polar surface area (TPSA) is 99.5 Å². The molecule has 0 spiro atoms. The van der Waals surface area contributed by atoms with E-state index in [1.165, 1.54) is 29.1 Å². The van der Waals surface area contributed by atoms with E-state index >= 15 is 0 Å². The summed E-state index contributed by atoms with van der Waals surface area (Å²) in [6.07, 6.45) is -0.199. The predicted octanol–water partition coefficient (Wildman–Crippen LogP) is 5.34. The maximum atomic E-state index is 14.3. The molecule has 2 aromatic carbocycles. The smallest absolute Gasteiger partial charge is 0.420 e. The fourth-order valence-electron chi connectivity index (χ4n) is 3.06. The number of aromatic nitrogens is 2. The van der Waals surface area contributed by atoms with Crippen LogP contribution in [0.2, 0.25) is 0 Å². The first-order valence-corrected chi connectivity index (χ1v) is 10.7. The Morgan fingerprint density at radius 1 is 1.03 bits per heavy atom. The Balaban J connectivity index is 1.68. The second-order valence-electron chi connectivity index (χ2n) is 9.04. The Hall–Kier alpha value is -3.96. The number of alkyl halides is 2. The highest BCUT2D eigenvalue weighted by molar-refractivity contribution is 6.11. The van der Waals surface area contributed by atoms with Crippen molar-refractivity contribution in [3.8, 4) is 5.75 Å². The molecule has 0 fully saturated rings. The fourth-order valence-corrected chi connectivity index (χ4v) is 3.06. The van der Waals surface area contributed by atoms with Crippen molar-refractivity contribution in [3.63, 3.8) is 0 Å². The Kier molecular flexibility index (Phi) is 7.37. The molecule has 8 nitrogen and oxygen atoms in total. The quantitative estimate of drug-likeness (QED) is 0.262. The number of amides is 1. The number of benzene rings is 2. The van der Waals surface area contributed by atoms with Crippen molar-refractivity contribution >= 4 is 34.5 Å². The number of imidazole rings is 1. The van der Waals surface area contributed by atoms with Gasteiger partial charge in [-0.15, -0.1) is 0 Å². The summed E-state index contributed by atoms with van der Waals surface area (Å²) in [5.41, 5.74) is -0.436. The van der Waals surface area contributed by atoms with Gasteiger partial charge in [0.05, 0.1) is 23.0 Å². The van der Waals surface area contributed by atoms with Gasteiger partial charge in [-0.2, -0.15) is 4.39 Å². The number of hydrogen-bond donors (Lipinski definition) is 1. The third-order valence-electron chi connectivity index (χ3n) is 4.57. The number of carbonyl (C=O) groups excluding carboxylic acids is 3. The van der Waals surface area contributed by atoms with Crippen LogP contribution >= 0.6 is 0 Å². The van der Waals surface area contributed by atoms with Gasteiger partial charge in [-0.1, -0.05) is 0 Å². The number of anilines is 1. The van der Waals surface area contributed by atoms with E-state index in [4.69, 9.17) is 4.74 Å². The number of ketones is 1. The number of Topliss-reactive ketones (excluding diaryl/α,β-unsaturated/α-hetero) is 1. The van der Waals surface area contributed by atoms with Crippen LogP contribution in [0.1, 0.15) is 44.5 Å². The number of fused-ring (bicyclic) bond motifs is 1. The molecule has 0 radical (unpaired) electrons. The zero-order chi connectivity index (χ0) is 26.8. The maximum Gasteiger partial charge on any atom is 0.420 e. The fraction of sp³-hybridized carbons (Fsp3) is 0.333.